The van der Waals surface area contributed by atoms with E-state index in [0.717, 1.165) is 12.8 Å². The van der Waals surface area contributed by atoms with Gasteiger partial charge in [0, 0.05) is 13.0 Å². The molecule has 3 rings (SSSR count). The monoisotopic (exact) mass is 449 g/mol. The van der Waals surface area contributed by atoms with Gasteiger partial charge in [-0.3, -0.25) is 14.2 Å². The van der Waals surface area contributed by atoms with E-state index in [1.165, 1.54) is 0 Å². The highest BCUT2D eigenvalue weighted by Crippen LogP contribution is 2.30. The van der Waals surface area contributed by atoms with Crippen molar-refractivity contribution >= 4 is 16.8 Å². The summed E-state index contributed by atoms with van der Waals surface area (Å²) in [5.41, 5.74) is 1.10. The van der Waals surface area contributed by atoms with E-state index in [9.17, 15) is 9.59 Å². The Labute approximate surface area is 196 Å². The number of benzene rings is 2. The average molecular weight is 450 g/mol. The average Bonchev–Trinajstić information content (AvgIpc) is 2.81. The molecule has 0 spiro atoms. The molecule has 0 fully saturated rings. The van der Waals surface area contributed by atoms with Gasteiger partial charge in [0.1, 0.15) is 11.6 Å². The first kappa shape index (κ1) is 24.5. The second kappa shape index (κ2) is 11.1. The number of unbranched alkanes of at least 4 members (excludes halogenated alkanes) is 1. The molecule has 0 aliphatic carbocycles. The molecular weight excluding hydrogens is 414 g/mol. The van der Waals surface area contributed by atoms with Crippen LogP contribution in [0.3, 0.4) is 0 Å². The Bertz CT molecular complexity index is 1150. The SMILES string of the molecule is CCCCN(C(=O)CC(C)C)C(CC)c1nc2ccccc2c(=O)n1-c1ccccc1OC. The highest BCUT2D eigenvalue weighted by molar-refractivity contribution is 5.79. The Hall–Kier alpha value is -3.15. The fourth-order valence-corrected chi connectivity index (χ4v) is 4.21. The quantitative estimate of drug-likeness (QED) is 0.409. The second-order valence-corrected chi connectivity index (χ2v) is 8.76. The van der Waals surface area contributed by atoms with E-state index in [2.05, 4.69) is 20.8 Å². The molecule has 6 nitrogen and oxygen atoms in total. The Morgan fingerprint density at radius 3 is 2.45 bits per heavy atom. The zero-order chi connectivity index (χ0) is 24.0. The van der Waals surface area contributed by atoms with E-state index in [1.54, 1.807) is 17.7 Å². The first-order valence-corrected chi connectivity index (χ1v) is 11.9. The van der Waals surface area contributed by atoms with Crippen LogP contribution < -0.4 is 10.3 Å². The predicted octanol–water partition coefficient (Wildman–Crippen LogP) is 5.52. The number of hydrogen-bond acceptors (Lipinski definition) is 4. The summed E-state index contributed by atoms with van der Waals surface area (Å²) in [7, 11) is 1.59. The number of methoxy groups -OCH3 is 1. The number of rotatable bonds is 10. The van der Waals surface area contributed by atoms with E-state index in [1.807, 2.05) is 54.3 Å². The number of hydrogen-bond donors (Lipinski definition) is 0. The minimum absolute atomic E-state index is 0.0966. The number of fused-ring (bicyclic) bond motifs is 1. The van der Waals surface area contributed by atoms with Crippen LogP contribution in [-0.2, 0) is 4.79 Å². The number of carbonyl (C=O) groups excluding carboxylic acids is 1. The van der Waals surface area contributed by atoms with Crippen molar-refractivity contribution in [3.8, 4) is 11.4 Å². The number of amides is 1. The topological polar surface area (TPSA) is 64.4 Å². The standard InChI is InChI=1S/C27H35N3O3/c1-6-8-17-29(25(31)18-19(3)4)22(7-2)26-28-21-14-10-9-13-20(21)27(32)30(26)23-15-11-12-16-24(23)33-5/h9-16,19,22H,6-8,17-18H2,1-5H3. The second-order valence-electron chi connectivity index (χ2n) is 8.76. The van der Waals surface area contributed by atoms with Gasteiger partial charge in [0.05, 0.1) is 29.7 Å². The summed E-state index contributed by atoms with van der Waals surface area (Å²) in [5, 5.41) is 0.538. The minimum atomic E-state index is -0.329. The summed E-state index contributed by atoms with van der Waals surface area (Å²) >= 11 is 0. The summed E-state index contributed by atoms with van der Waals surface area (Å²) in [5.74, 6) is 1.50. The lowest BCUT2D eigenvalue weighted by Gasteiger charge is -2.33. The molecule has 0 aliphatic heterocycles. The predicted molar refractivity (Wildman–Crippen MR) is 133 cm³/mol. The van der Waals surface area contributed by atoms with Gasteiger partial charge in [-0.15, -0.1) is 0 Å². The lowest BCUT2D eigenvalue weighted by molar-refractivity contribution is -0.135. The van der Waals surface area contributed by atoms with E-state index in [-0.39, 0.29) is 23.4 Å². The van der Waals surface area contributed by atoms with Crippen LogP contribution in [-0.4, -0.2) is 34.0 Å². The number of carbonyl (C=O) groups is 1. The third kappa shape index (κ3) is 5.27. The van der Waals surface area contributed by atoms with Crippen molar-refractivity contribution in [2.75, 3.05) is 13.7 Å². The molecule has 176 valence electrons. The molecule has 1 aromatic heterocycles. The molecule has 0 radical (unpaired) electrons. The summed E-state index contributed by atoms with van der Waals surface area (Å²) < 4.78 is 7.23. The lowest BCUT2D eigenvalue weighted by atomic mass is 10.1. The molecule has 0 saturated heterocycles. The van der Waals surface area contributed by atoms with Crippen molar-refractivity contribution in [3.63, 3.8) is 0 Å². The molecule has 1 amide bonds. The van der Waals surface area contributed by atoms with E-state index in [0.29, 0.717) is 47.6 Å². The van der Waals surface area contributed by atoms with Crippen molar-refractivity contribution < 1.29 is 9.53 Å². The Morgan fingerprint density at radius 2 is 1.79 bits per heavy atom. The molecule has 6 heteroatoms. The third-order valence-electron chi connectivity index (χ3n) is 5.84. The van der Waals surface area contributed by atoms with Gasteiger partial charge in [-0.2, -0.15) is 0 Å². The lowest BCUT2D eigenvalue weighted by Crippen LogP contribution is -2.39. The Morgan fingerprint density at radius 1 is 1.09 bits per heavy atom. The third-order valence-corrected chi connectivity index (χ3v) is 5.84. The molecule has 1 atom stereocenters. The summed E-state index contributed by atoms with van der Waals surface area (Å²) in [6.07, 6.45) is 2.99. The molecule has 0 bridgehead atoms. The van der Waals surface area contributed by atoms with Crippen molar-refractivity contribution in [2.45, 2.75) is 59.4 Å². The summed E-state index contributed by atoms with van der Waals surface area (Å²) in [4.78, 5) is 34.0. The summed E-state index contributed by atoms with van der Waals surface area (Å²) in [6, 6.07) is 14.5. The fourth-order valence-electron chi connectivity index (χ4n) is 4.21. The van der Waals surface area contributed by atoms with Crippen molar-refractivity contribution in [1.82, 2.24) is 14.5 Å². The first-order chi connectivity index (χ1) is 15.9. The van der Waals surface area contributed by atoms with Crippen LogP contribution in [0.2, 0.25) is 0 Å². The van der Waals surface area contributed by atoms with Crippen LogP contribution in [0.25, 0.3) is 16.6 Å². The van der Waals surface area contributed by atoms with Gasteiger partial charge in [0.2, 0.25) is 5.91 Å². The van der Waals surface area contributed by atoms with Crippen molar-refractivity contribution in [1.29, 1.82) is 0 Å². The van der Waals surface area contributed by atoms with Gasteiger partial charge in [-0.25, -0.2) is 4.98 Å². The molecule has 1 unspecified atom stereocenters. The maximum absolute atomic E-state index is 13.8. The zero-order valence-electron chi connectivity index (χ0n) is 20.4. The van der Waals surface area contributed by atoms with Crippen molar-refractivity contribution in [2.24, 2.45) is 5.92 Å². The smallest absolute Gasteiger partial charge is 0.266 e. The van der Waals surface area contributed by atoms with Crippen LogP contribution in [0.5, 0.6) is 5.75 Å². The van der Waals surface area contributed by atoms with Crippen LogP contribution in [0, 0.1) is 5.92 Å². The highest BCUT2D eigenvalue weighted by atomic mass is 16.5. The van der Waals surface area contributed by atoms with Crippen LogP contribution in [0.15, 0.2) is 53.3 Å². The number of para-hydroxylation sites is 3. The first-order valence-electron chi connectivity index (χ1n) is 11.9. The van der Waals surface area contributed by atoms with Crippen LogP contribution >= 0.6 is 0 Å². The van der Waals surface area contributed by atoms with Gasteiger partial charge in [0.25, 0.3) is 5.56 Å². The van der Waals surface area contributed by atoms with Gasteiger partial charge in [0.15, 0.2) is 0 Å². The normalized spacial score (nSPS) is 12.2. The van der Waals surface area contributed by atoms with Gasteiger partial charge in [-0.1, -0.05) is 58.4 Å². The van der Waals surface area contributed by atoms with E-state index in [4.69, 9.17) is 9.72 Å². The number of aromatic nitrogens is 2. The zero-order valence-corrected chi connectivity index (χ0v) is 20.4. The Kier molecular flexibility index (Phi) is 8.26. The van der Waals surface area contributed by atoms with E-state index >= 15 is 0 Å². The Balaban J connectivity index is 2.30. The molecule has 0 N–H and O–H groups in total. The summed E-state index contributed by atoms with van der Waals surface area (Å²) in [6.45, 7) is 8.90. The molecule has 1 heterocycles. The molecular formula is C27H35N3O3. The van der Waals surface area contributed by atoms with Crippen molar-refractivity contribution in [3.05, 3.63) is 64.7 Å². The number of ether oxygens (including phenoxy) is 1. The molecule has 2 aromatic carbocycles. The van der Waals surface area contributed by atoms with Crippen LogP contribution in [0.4, 0.5) is 0 Å². The maximum atomic E-state index is 13.8. The highest BCUT2D eigenvalue weighted by Gasteiger charge is 2.29. The van der Waals surface area contributed by atoms with Gasteiger partial charge in [-0.05, 0) is 43.0 Å². The largest absolute Gasteiger partial charge is 0.495 e. The van der Waals surface area contributed by atoms with Gasteiger partial charge >= 0.3 is 0 Å². The van der Waals surface area contributed by atoms with Gasteiger partial charge < -0.3 is 9.64 Å². The molecule has 0 aliphatic rings. The van der Waals surface area contributed by atoms with E-state index < -0.39 is 0 Å². The number of nitrogens with zero attached hydrogens (tertiary/aromatic N) is 3. The van der Waals surface area contributed by atoms with Crippen LogP contribution in [0.1, 0.15) is 65.2 Å². The maximum Gasteiger partial charge on any atom is 0.266 e. The molecule has 0 saturated carbocycles. The molecule has 3 aromatic rings. The minimum Gasteiger partial charge on any atom is -0.495 e. The fraction of sp³-hybridized carbons (Fsp3) is 0.444. The molecule has 33 heavy (non-hydrogen) atoms.